The number of nitrogens with zero attached hydrogens (tertiary/aromatic N) is 2. The predicted molar refractivity (Wildman–Crippen MR) is 106 cm³/mol. The Balaban J connectivity index is 2.63. The molecule has 2 aromatic heterocycles. The van der Waals surface area contributed by atoms with E-state index < -0.39 is 0 Å². The Labute approximate surface area is 152 Å². The van der Waals surface area contributed by atoms with Crippen molar-refractivity contribution in [3.05, 3.63) is 31.3 Å². The molecular formula is C18H30N4O2S. The van der Waals surface area contributed by atoms with Gasteiger partial charge in [-0.05, 0) is 31.2 Å². The van der Waals surface area contributed by atoms with E-state index in [9.17, 15) is 9.59 Å². The zero-order valence-electron chi connectivity index (χ0n) is 15.9. The van der Waals surface area contributed by atoms with Gasteiger partial charge in [-0.25, -0.2) is 4.79 Å². The molecule has 0 fully saturated rings. The highest BCUT2D eigenvalue weighted by molar-refractivity contribution is 7.18. The zero-order valence-corrected chi connectivity index (χ0v) is 16.8. The molecule has 0 amide bonds. The maximum absolute atomic E-state index is 12.8. The summed E-state index contributed by atoms with van der Waals surface area (Å²) in [6.45, 7) is 13.3. The molecule has 25 heavy (non-hydrogen) atoms. The van der Waals surface area contributed by atoms with Crippen LogP contribution in [0.2, 0.25) is 0 Å². The number of nitrogens with one attached hydrogen (secondary N) is 1. The summed E-state index contributed by atoms with van der Waals surface area (Å²) in [5.41, 5.74) is 6.25. The van der Waals surface area contributed by atoms with Crippen LogP contribution >= 0.6 is 11.3 Å². The molecule has 2 aromatic rings. The summed E-state index contributed by atoms with van der Waals surface area (Å²) in [7, 11) is 0. The molecule has 2 heterocycles. The Morgan fingerprint density at radius 2 is 1.88 bits per heavy atom. The second kappa shape index (κ2) is 7.85. The molecule has 0 saturated heterocycles. The molecule has 0 aliphatic rings. The molecule has 3 N–H and O–H groups in total. The van der Waals surface area contributed by atoms with E-state index in [-0.39, 0.29) is 16.7 Å². The van der Waals surface area contributed by atoms with Gasteiger partial charge >= 0.3 is 5.69 Å². The number of thiophene rings is 1. The summed E-state index contributed by atoms with van der Waals surface area (Å²) in [4.78, 5) is 27.5. The Morgan fingerprint density at radius 3 is 2.44 bits per heavy atom. The van der Waals surface area contributed by atoms with Crippen molar-refractivity contribution < 1.29 is 0 Å². The smallest absolute Gasteiger partial charge is 0.329 e. The lowest BCUT2D eigenvalue weighted by atomic mass is 9.92. The van der Waals surface area contributed by atoms with Crippen LogP contribution in [0.1, 0.15) is 44.6 Å². The molecule has 0 saturated carbocycles. The summed E-state index contributed by atoms with van der Waals surface area (Å²) in [5.74, 6) is 0. The van der Waals surface area contributed by atoms with Crippen LogP contribution in [0.25, 0.3) is 10.2 Å². The van der Waals surface area contributed by atoms with Crippen LogP contribution in [-0.4, -0.2) is 22.2 Å². The van der Waals surface area contributed by atoms with E-state index in [0.29, 0.717) is 31.6 Å². The monoisotopic (exact) mass is 366 g/mol. The normalized spacial score (nSPS) is 12.2. The molecule has 7 heteroatoms. The third kappa shape index (κ3) is 4.22. The van der Waals surface area contributed by atoms with Crippen LogP contribution in [0.4, 0.5) is 0 Å². The first-order valence-electron chi connectivity index (χ1n) is 8.87. The molecule has 140 valence electrons. The zero-order chi connectivity index (χ0) is 18.8. The van der Waals surface area contributed by atoms with Crippen molar-refractivity contribution in [2.24, 2.45) is 11.1 Å². The van der Waals surface area contributed by atoms with E-state index in [4.69, 9.17) is 5.73 Å². The van der Waals surface area contributed by atoms with Crippen LogP contribution in [0.5, 0.6) is 0 Å². The van der Waals surface area contributed by atoms with Crippen molar-refractivity contribution in [1.82, 2.24) is 14.5 Å². The van der Waals surface area contributed by atoms with Crippen molar-refractivity contribution in [1.29, 1.82) is 0 Å². The van der Waals surface area contributed by atoms with Gasteiger partial charge in [0.05, 0.1) is 5.39 Å². The molecule has 0 bridgehead atoms. The topological polar surface area (TPSA) is 82.0 Å². The van der Waals surface area contributed by atoms with Crippen LogP contribution in [0.15, 0.2) is 9.59 Å². The largest absolute Gasteiger partial charge is 0.332 e. The number of hydrogen-bond donors (Lipinski definition) is 2. The summed E-state index contributed by atoms with van der Waals surface area (Å²) >= 11 is 1.55. The minimum atomic E-state index is -0.202. The molecule has 0 atom stereocenters. The fourth-order valence-corrected chi connectivity index (χ4v) is 4.12. The molecule has 0 aromatic carbocycles. The van der Waals surface area contributed by atoms with Crippen molar-refractivity contribution in [3.63, 3.8) is 0 Å². The number of hydrogen-bond acceptors (Lipinski definition) is 5. The third-order valence-electron chi connectivity index (χ3n) is 4.40. The first-order valence-corrected chi connectivity index (χ1v) is 9.69. The van der Waals surface area contributed by atoms with Gasteiger partial charge in [0.15, 0.2) is 0 Å². The standard InChI is InChI=1S/C18H30N4O2S/c1-6-21-15(23)14-12(2)13(11-20-9-8-19)25-16(14)22(17(21)24)10-7-18(3,4)5/h20H,6-11,19H2,1-5H3. The number of nitrogens with two attached hydrogens (primary N) is 1. The van der Waals surface area contributed by atoms with Gasteiger partial charge in [0.25, 0.3) is 5.56 Å². The molecule has 0 aliphatic carbocycles. The van der Waals surface area contributed by atoms with Gasteiger partial charge in [-0.2, -0.15) is 0 Å². The minimum Gasteiger partial charge on any atom is -0.329 e. The molecule has 0 spiro atoms. The van der Waals surface area contributed by atoms with Gasteiger partial charge < -0.3 is 11.1 Å². The van der Waals surface area contributed by atoms with Gasteiger partial charge in [0.1, 0.15) is 4.83 Å². The first-order chi connectivity index (χ1) is 11.7. The Hall–Kier alpha value is -1.44. The Bertz CT molecular complexity index is 855. The van der Waals surface area contributed by atoms with Gasteiger partial charge in [0, 0.05) is 37.6 Å². The molecule has 0 unspecified atom stereocenters. The van der Waals surface area contributed by atoms with Crippen LogP contribution in [0.3, 0.4) is 0 Å². The Morgan fingerprint density at radius 1 is 1.20 bits per heavy atom. The number of aromatic nitrogens is 2. The molecule has 0 radical (unpaired) electrons. The van der Waals surface area contributed by atoms with Gasteiger partial charge in [-0.1, -0.05) is 20.8 Å². The average molecular weight is 367 g/mol. The van der Waals surface area contributed by atoms with Crippen LogP contribution in [0, 0.1) is 12.3 Å². The SMILES string of the molecule is CCn1c(=O)c2c(C)c(CNCCN)sc2n(CCC(C)(C)C)c1=O. The van der Waals surface area contributed by atoms with E-state index in [1.165, 1.54) is 4.57 Å². The maximum atomic E-state index is 12.8. The van der Waals surface area contributed by atoms with Gasteiger partial charge in [-0.15, -0.1) is 11.3 Å². The summed E-state index contributed by atoms with van der Waals surface area (Å²) in [6.07, 6.45) is 0.877. The average Bonchev–Trinajstić information content (AvgIpc) is 2.84. The number of fused-ring (bicyclic) bond motifs is 1. The van der Waals surface area contributed by atoms with E-state index >= 15 is 0 Å². The van der Waals surface area contributed by atoms with E-state index in [1.807, 2.05) is 13.8 Å². The number of rotatable bonds is 7. The maximum Gasteiger partial charge on any atom is 0.332 e. The van der Waals surface area contributed by atoms with Gasteiger partial charge in [0.2, 0.25) is 0 Å². The second-order valence-electron chi connectivity index (χ2n) is 7.59. The highest BCUT2D eigenvalue weighted by Crippen LogP contribution is 2.29. The third-order valence-corrected chi connectivity index (χ3v) is 5.72. The lowest BCUT2D eigenvalue weighted by Gasteiger charge is -2.19. The van der Waals surface area contributed by atoms with Crippen LogP contribution in [-0.2, 0) is 19.6 Å². The summed E-state index contributed by atoms with van der Waals surface area (Å²) in [5, 5.41) is 3.97. The second-order valence-corrected chi connectivity index (χ2v) is 8.67. The molecule has 2 rings (SSSR count). The van der Waals surface area contributed by atoms with Crippen molar-refractivity contribution >= 4 is 21.6 Å². The van der Waals surface area contributed by atoms with Crippen molar-refractivity contribution in [3.8, 4) is 0 Å². The molecule has 6 nitrogen and oxygen atoms in total. The van der Waals surface area contributed by atoms with Crippen molar-refractivity contribution in [2.45, 2.75) is 60.7 Å². The van der Waals surface area contributed by atoms with E-state index in [1.54, 1.807) is 15.9 Å². The summed E-state index contributed by atoms with van der Waals surface area (Å²) in [6, 6.07) is 0. The quantitative estimate of drug-likeness (QED) is 0.735. The highest BCUT2D eigenvalue weighted by Gasteiger charge is 2.20. The lowest BCUT2D eigenvalue weighted by Crippen LogP contribution is -2.39. The van der Waals surface area contributed by atoms with E-state index in [2.05, 4.69) is 26.1 Å². The van der Waals surface area contributed by atoms with E-state index in [0.717, 1.165) is 28.2 Å². The minimum absolute atomic E-state index is 0.122. The van der Waals surface area contributed by atoms with Crippen molar-refractivity contribution in [2.75, 3.05) is 13.1 Å². The van der Waals surface area contributed by atoms with Crippen LogP contribution < -0.4 is 22.3 Å². The fourth-order valence-electron chi connectivity index (χ4n) is 2.84. The lowest BCUT2D eigenvalue weighted by molar-refractivity contribution is 0.347. The fraction of sp³-hybridized carbons (Fsp3) is 0.667. The number of aryl methyl sites for hydroxylation is 2. The Kier molecular flexibility index (Phi) is 6.24. The molecular weight excluding hydrogens is 336 g/mol. The molecule has 0 aliphatic heterocycles. The van der Waals surface area contributed by atoms with Gasteiger partial charge in [-0.3, -0.25) is 13.9 Å². The summed E-state index contributed by atoms with van der Waals surface area (Å²) < 4.78 is 3.14. The predicted octanol–water partition coefficient (Wildman–Crippen LogP) is 2.04. The highest BCUT2D eigenvalue weighted by atomic mass is 32.1. The first kappa shape index (κ1) is 19.9.